The molecule has 0 saturated carbocycles. The highest BCUT2D eigenvalue weighted by atomic mass is 32.2. The molecule has 0 saturated heterocycles. The van der Waals surface area contributed by atoms with Crippen molar-refractivity contribution >= 4 is 15.7 Å². The molecule has 3 rings (SSSR count). The van der Waals surface area contributed by atoms with Crippen LogP contribution in [-0.2, 0) is 10.0 Å². The number of sulfonamides is 1. The topological polar surface area (TPSA) is 82.5 Å². The molecule has 0 unspecified atom stereocenters. The first-order chi connectivity index (χ1) is 13.3. The van der Waals surface area contributed by atoms with E-state index in [4.69, 9.17) is 9.47 Å². The number of methoxy groups -OCH3 is 2. The number of benzene rings is 2. The first-order valence-electron chi connectivity index (χ1n) is 8.34. The van der Waals surface area contributed by atoms with Gasteiger partial charge in [0.15, 0.2) is 11.5 Å². The normalized spacial score (nSPS) is 11.3. The summed E-state index contributed by atoms with van der Waals surface area (Å²) in [4.78, 5) is -0.545. The third-order valence-electron chi connectivity index (χ3n) is 4.26. The van der Waals surface area contributed by atoms with Crippen molar-refractivity contribution < 1.29 is 22.3 Å². The van der Waals surface area contributed by atoms with Gasteiger partial charge in [-0.15, -0.1) is 0 Å². The number of halogens is 1. The maximum absolute atomic E-state index is 14.4. The fourth-order valence-electron chi connectivity index (χ4n) is 2.84. The Morgan fingerprint density at radius 1 is 1.04 bits per heavy atom. The standard InChI is InChI=1S/C19H20FN3O4S/c1-12-19(13(2)23(21-12)14-8-6-5-7-9-14)22-28(24,25)18-11-17(27-4)16(26-3)10-15(18)20/h5-11,22H,1-4H3. The van der Waals surface area contributed by atoms with E-state index in [2.05, 4.69) is 9.82 Å². The molecule has 28 heavy (non-hydrogen) atoms. The second kappa shape index (κ2) is 7.51. The Morgan fingerprint density at radius 2 is 1.64 bits per heavy atom. The Balaban J connectivity index is 2.04. The van der Waals surface area contributed by atoms with Crippen molar-refractivity contribution in [2.75, 3.05) is 18.9 Å². The predicted octanol–water partition coefficient (Wildman–Crippen LogP) is 3.45. The number of nitrogens with zero attached hydrogens (tertiary/aromatic N) is 2. The van der Waals surface area contributed by atoms with Crippen LogP contribution in [-0.4, -0.2) is 32.4 Å². The molecule has 0 aliphatic rings. The minimum absolute atomic E-state index is 0.100. The number of aryl methyl sites for hydroxylation is 1. The number of aromatic nitrogens is 2. The van der Waals surface area contributed by atoms with Crippen molar-refractivity contribution in [1.82, 2.24) is 9.78 Å². The molecule has 2 aromatic carbocycles. The molecule has 1 N–H and O–H groups in total. The van der Waals surface area contributed by atoms with E-state index >= 15 is 0 Å². The van der Waals surface area contributed by atoms with Gasteiger partial charge in [0.1, 0.15) is 10.7 Å². The lowest BCUT2D eigenvalue weighted by Crippen LogP contribution is -2.16. The molecule has 0 atom stereocenters. The average Bonchev–Trinajstić information content (AvgIpc) is 2.96. The summed E-state index contributed by atoms with van der Waals surface area (Å²) in [6.45, 7) is 3.41. The van der Waals surface area contributed by atoms with Crippen LogP contribution in [0.5, 0.6) is 11.5 Å². The molecule has 0 radical (unpaired) electrons. The van der Waals surface area contributed by atoms with Crippen molar-refractivity contribution in [3.05, 3.63) is 59.7 Å². The van der Waals surface area contributed by atoms with E-state index in [-0.39, 0.29) is 17.2 Å². The molecule has 0 aliphatic heterocycles. The Kier molecular flexibility index (Phi) is 5.28. The van der Waals surface area contributed by atoms with E-state index in [1.54, 1.807) is 18.5 Å². The first-order valence-corrected chi connectivity index (χ1v) is 9.82. The van der Waals surface area contributed by atoms with Gasteiger partial charge >= 0.3 is 0 Å². The van der Waals surface area contributed by atoms with Crippen molar-refractivity contribution in [3.8, 4) is 17.2 Å². The predicted molar refractivity (Wildman–Crippen MR) is 103 cm³/mol. The Hall–Kier alpha value is -3.07. The van der Waals surface area contributed by atoms with E-state index in [1.165, 1.54) is 14.2 Å². The van der Waals surface area contributed by atoms with Crippen LogP contribution in [0.1, 0.15) is 11.4 Å². The SMILES string of the molecule is COc1cc(F)c(S(=O)(=O)Nc2c(C)nn(-c3ccccc3)c2C)cc1OC. The van der Waals surface area contributed by atoms with E-state index in [0.29, 0.717) is 11.4 Å². The number of nitrogens with one attached hydrogen (secondary N) is 1. The summed E-state index contributed by atoms with van der Waals surface area (Å²) in [6, 6.07) is 11.3. The fraction of sp³-hybridized carbons (Fsp3) is 0.211. The monoisotopic (exact) mass is 405 g/mol. The Morgan fingerprint density at radius 3 is 2.25 bits per heavy atom. The molecule has 0 fully saturated rings. The summed E-state index contributed by atoms with van der Waals surface area (Å²) < 4.78 is 54.3. The van der Waals surface area contributed by atoms with Gasteiger partial charge < -0.3 is 9.47 Å². The zero-order chi connectivity index (χ0) is 20.5. The molecule has 0 amide bonds. The lowest BCUT2D eigenvalue weighted by atomic mass is 10.3. The molecule has 3 aromatic rings. The average molecular weight is 405 g/mol. The minimum Gasteiger partial charge on any atom is -0.493 e. The Labute approximate surface area is 162 Å². The van der Waals surface area contributed by atoms with Gasteiger partial charge in [-0.2, -0.15) is 5.10 Å². The summed E-state index contributed by atoms with van der Waals surface area (Å²) in [5, 5.41) is 4.39. The van der Waals surface area contributed by atoms with Gasteiger partial charge in [-0.05, 0) is 26.0 Å². The van der Waals surface area contributed by atoms with Crippen LogP contribution in [0.4, 0.5) is 10.1 Å². The second-order valence-corrected chi connectivity index (χ2v) is 7.69. The van der Waals surface area contributed by atoms with Gasteiger partial charge in [0.05, 0.1) is 37.0 Å². The number of rotatable bonds is 6. The van der Waals surface area contributed by atoms with Crippen LogP contribution < -0.4 is 14.2 Å². The lowest BCUT2D eigenvalue weighted by Gasteiger charge is -2.13. The van der Waals surface area contributed by atoms with E-state index in [9.17, 15) is 12.8 Å². The highest BCUT2D eigenvalue weighted by Gasteiger charge is 2.25. The third-order valence-corrected chi connectivity index (χ3v) is 5.62. The highest BCUT2D eigenvalue weighted by molar-refractivity contribution is 7.92. The van der Waals surface area contributed by atoms with Gasteiger partial charge in [0.2, 0.25) is 0 Å². The van der Waals surface area contributed by atoms with Crippen molar-refractivity contribution in [2.24, 2.45) is 0 Å². The number of anilines is 1. The maximum Gasteiger partial charge on any atom is 0.265 e. The van der Waals surface area contributed by atoms with Gasteiger partial charge in [0.25, 0.3) is 10.0 Å². The van der Waals surface area contributed by atoms with Crippen molar-refractivity contribution in [1.29, 1.82) is 0 Å². The molecule has 0 spiro atoms. The molecule has 0 aliphatic carbocycles. The maximum atomic E-state index is 14.4. The van der Waals surface area contributed by atoms with Crippen LogP contribution >= 0.6 is 0 Å². The zero-order valence-electron chi connectivity index (χ0n) is 15.9. The molecule has 148 valence electrons. The molecule has 1 aromatic heterocycles. The molecular weight excluding hydrogens is 385 g/mol. The largest absolute Gasteiger partial charge is 0.493 e. The van der Waals surface area contributed by atoms with Crippen LogP contribution in [0.25, 0.3) is 5.69 Å². The summed E-state index contributed by atoms with van der Waals surface area (Å²) in [5.41, 5.74) is 2.11. The lowest BCUT2D eigenvalue weighted by molar-refractivity contribution is 0.350. The van der Waals surface area contributed by atoms with Crippen molar-refractivity contribution in [3.63, 3.8) is 0 Å². The minimum atomic E-state index is -4.23. The van der Waals surface area contributed by atoms with Crippen LogP contribution in [0.2, 0.25) is 0 Å². The summed E-state index contributed by atoms with van der Waals surface area (Å²) in [7, 11) is -1.54. The van der Waals surface area contributed by atoms with E-state index in [0.717, 1.165) is 17.8 Å². The molecule has 1 heterocycles. The quantitative estimate of drug-likeness (QED) is 0.679. The first kappa shape index (κ1) is 19.7. The summed E-state index contributed by atoms with van der Waals surface area (Å²) >= 11 is 0. The van der Waals surface area contributed by atoms with Gasteiger partial charge in [-0.1, -0.05) is 18.2 Å². The van der Waals surface area contributed by atoms with Crippen LogP contribution in [0, 0.1) is 19.7 Å². The van der Waals surface area contributed by atoms with E-state index in [1.807, 2.05) is 30.3 Å². The number of hydrogen-bond donors (Lipinski definition) is 1. The van der Waals surface area contributed by atoms with Crippen LogP contribution in [0.3, 0.4) is 0 Å². The van der Waals surface area contributed by atoms with E-state index < -0.39 is 20.7 Å². The molecule has 7 nitrogen and oxygen atoms in total. The number of hydrogen-bond acceptors (Lipinski definition) is 5. The smallest absolute Gasteiger partial charge is 0.265 e. The van der Waals surface area contributed by atoms with Gasteiger partial charge in [0, 0.05) is 12.1 Å². The number of ether oxygens (including phenoxy) is 2. The van der Waals surface area contributed by atoms with Crippen LogP contribution in [0.15, 0.2) is 47.4 Å². The van der Waals surface area contributed by atoms with Crippen molar-refractivity contribution in [2.45, 2.75) is 18.7 Å². The Bertz CT molecular complexity index is 1110. The molecule has 0 bridgehead atoms. The highest BCUT2D eigenvalue weighted by Crippen LogP contribution is 2.33. The summed E-state index contributed by atoms with van der Waals surface area (Å²) in [5.74, 6) is -0.739. The molecule has 9 heteroatoms. The number of para-hydroxylation sites is 1. The zero-order valence-corrected chi connectivity index (χ0v) is 16.7. The molecular formula is C19H20FN3O4S. The second-order valence-electron chi connectivity index (χ2n) is 6.04. The third kappa shape index (κ3) is 3.53. The van der Waals surface area contributed by atoms with Gasteiger partial charge in [-0.25, -0.2) is 17.5 Å². The fourth-order valence-corrected chi connectivity index (χ4v) is 4.09. The van der Waals surface area contributed by atoms with Gasteiger partial charge in [-0.3, -0.25) is 4.72 Å². The summed E-state index contributed by atoms with van der Waals surface area (Å²) in [6.07, 6.45) is 0.